The molecule has 2 amide bonds. The molecule has 0 unspecified atom stereocenters. The van der Waals surface area contributed by atoms with Gasteiger partial charge in [0.2, 0.25) is 16.9 Å². The summed E-state index contributed by atoms with van der Waals surface area (Å²) in [5.41, 5.74) is 0. The minimum atomic E-state index is -0.399. The van der Waals surface area contributed by atoms with Crippen LogP contribution in [-0.4, -0.2) is 28.7 Å². The Morgan fingerprint density at radius 3 is 2.25 bits per heavy atom. The average Bonchev–Trinajstić information content (AvgIpc) is 1.85. The molecule has 0 radical (unpaired) electrons. The molecule has 0 aromatic heterocycles. The third-order valence-corrected chi connectivity index (χ3v) is 1.19. The fourth-order valence-electron chi connectivity index (χ4n) is 0.510. The molecule has 0 spiro atoms. The van der Waals surface area contributed by atoms with Crippen LogP contribution in [0.2, 0.25) is 0 Å². The summed E-state index contributed by atoms with van der Waals surface area (Å²) in [6.45, 7) is 5.68. The molecular weight excluding hydrogens is 178 g/mol. The van der Waals surface area contributed by atoms with Gasteiger partial charge in [-0.2, -0.15) is 10.1 Å². The van der Waals surface area contributed by atoms with Crippen molar-refractivity contribution in [1.82, 2.24) is 10.3 Å². The second kappa shape index (κ2) is 4.55. The second-order valence-electron chi connectivity index (χ2n) is 1.96. The van der Waals surface area contributed by atoms with Crippen molar-refractivity contribution in [2.24, 2.45) is 5.10 Å². The predicted octanol–water partition coefficient (Wildman–Crippen LogP) is -0.128. The largest absolute Gasteiger partial charge is 0.301 e. The van der Waals surface area contributed by atoms with Crippen molar-refractivity contribution in [3.05, 3.63) is 0 Å². The van der Waals surface area contributed by atoms with E-state index in [4.69, 9.17) is 0 Å². The fraction of sp³-hybridized carbons (Fsp3) is 0.333. The van der Waals surface area contributed by atoms with Crippen LogP contribution in [0.25, 0.3) is 0 Å². The SMILES string of the molecule is C=NN(C(C)=O)C(=S)NC(C)=O. The Kier molecular flexibility index (Phi) is 4.06. The van der Waals surface area contributed by atoms with Crippen molar-refractivity contribution in [1.29, 1.82) is 0 Å². The maximum atomic E-state index is 10.8. The first-order chi connectivity index (χ1) is 5.49. The summed E-state index contributed by atoms with van der Waals surface area (Å²) in [6, 6.07) is 0. The molecular formula is C6H9N3O2S. The molecule has 1 N–H and O–H groups in total. The van der Waals surface area contributed by atoms with Crippen LogP contribution < -0.4 is 5.32 Å². The number of hydrogen-bond donors (Lipinski definition) is 1. The van der Waals surface area contributed by atoms with Crippen LogP contribution in [0.3, 0.4) is 0 Å². The Morgan fingerprint density at radius 1 is 1.50 bits per heavy atom. The van der Waals surface area contributed by atoms with E-state index in [1.165, 1.54) is 13.8 Å². The van der Waals surface area contributed by atoms with Crippen LogP contribution in [0.5, 0.6) is 0 Å². The van der Waals surface area contributed by atoms with Gasteiger partial charge < -0.3 is 5.32 Å². The smallest absolute Gasteiger partial charge is 0.246 e. The molecule has 0 aliphatic rings. The van der Waals surface area contributed by atoms with Crippen LogP contribution >= 0.6 is 12.2 Å². The molecule has 0 rings (SSSR count). The lowest BCUT2D eigenvalue weighted by Crippen LogP contribution is -2.40. The third kappa shape index (κ3) is 3.20. The van der Waals surface area contributed by atoms with Gasteiger partial charge in [0.05, 0.1) is 0 Å². The number of carbonyl (C=O) groups is 2. The van der Waals surface area contributed by atoms with E-state index in [0.29, 0.717) is 0 Å². The summed E-state index contributed by atoms with van der Waals surface area (Å²) in [6.07, 6.45) is 0. The van der Waals surface area contributed by atoms with Gasteiger partial charge in [-0.1, -0.05) is 0 Å². The van der Waals surface area contributed by atoms with Gasteiger partial charge in [0.25, 0.3) is 0 Å². The van der Waals surface area contributed by atoms with Crippen LogP contribution in [0.1, 0.15) is 13.8 Å². The first kappa shape index (κ1) is 10.7. The van der Waals surface area contributed by atoms with E-state index in [1.807, 2.05) is 0 Å². The molecule has 0 saturated heterocycles. The number of hydrogen-bond acceptors (Lipinski definition) is 4. The highest BCUT2D eigenvalue weighted by atomic mass is 32.1. The molecule has 0 saturated carbocycles. The molecule has 66 valence electrons. The van der Waals surface area contributed by atoms with Crippen LogP contribution in [0.15, 0.2) is 5.10 Å². The molecule has 12 heavy (non-hydrogen) atoms. The van der Waals surface area contributed by atoms with Gasteiger partial charge in [0.15, 0.2) is 0 Å². The summed E-state index contributed by atoms with van der Waals surface area (Å²) < 4.78 is 0. The van der Waals surface area contributed by atoms with Gasteiger partial charge in [-0.05, 0) is 12.2 Å². The van der Waals surface area contributed by atoms with Crippen molar-refractivity contribution in [2.75, 3.05) is 0 Å². The summed E-state index contributed by atoms with van der Waals surface area (Å²) in [4.78, 5) is 21.2. The molecule has 0 aliphatic heterocycles. The van der Waals surface area contributed by atoms with Crippen LogP contribution in [0.4, 0.5) is 0 Å². The lowest BCUT2D eigenvalue weighted by atomic mass is 10.6. The van der Waals surface area contributed by atoms with Crippen molar-refractivity contribution in [2.45, 2.75) is 13.8 Å². The van der Waals surface area contributed by atoms with Crippen molar-refractivity contribution in [3.63, 3.8) is 0 Å². The summed E-state index contributed by atoms with van der Waals surface area (Å²) in [7, 11) is 0. The highest BCUT2D eigenvalue weighted by molar-refractivity contribution is 7.80. The van der Waals surface area contributed by atoms with E-state index in [1.54, 1.807) is 0 Å². The Bertz CT molecular complexity index is 239. The van der Waals surface area contributed by atoms with E-state index in [9.17, 15) is 9.59 Å². The zero-order chi connectivity index (χ0) is 9.72. The molecule has 5 nitrogen and oxygen atoms in total. The highest BCUT2D eigenvalue weighted by Gasteiger charge is 2.12. The standard InChI is InChI=1S/C6H9N3O2S/c1-4(10)8-6(12)9(7-3)5(2)11/h3H2,1-2H3,(H,8,10,12). The second-order valence-corrected chi connectivity index (χ2v) is 2.35. The zero-order valence-corrected chi connectivity index (χ0v) is 7.64. The minimum absolute atomic E-state index is 0.0648. The summed E-state index contributed by atoms with van der Waals surface area (Å²) in [5.74, 6) is -0.751. The van der Waals surface area contributed by atoms with Crippen LogP contribution in [0, 0.1) is 0 Å². The van der Waals surface area contributed by atoms with E-state index >= 15 is 0 Å². The van der Waals surface area contributed by atoms with Crippen LogP contribution in [-0.2, 0) is 9.59 Å². The van der Waals surface area contributed by atoms with Gasteiger partial charge in [-0.3, -0.25) is 9.59 Å². The summed E-state index contributed by atoms with van der Waals surface area (Å²) >= 11 is 4.67. The van der Waals surface area contributed by atoms with Crippen molar-refractivity contribution < 1.29 is 9.59 Å². The predicted molar refractivity (Wildman–Crippen MR) is 48.5 cm³/mol. The normalized spacial score (nSPS) is 8.50. The van der Waals surface area contributed by atoms with Gasteiger partial charge in [-0.15, -0.1) is 0 Å². The molecule has 0 atom stereocenters. The number of rotatable bonds is 1. The maximum Gasteiger partial charge on any atom is 0.246 e. The van der Waals surface area contributed by atoms with Gasteiger partial charge in [-0.25, -0.2) is 0 Å². The Balaban J connectivity index is 4.32. The topological polar surface area (TPSA) is 61.8 Å². The number of hydrazone groups is 1. The van der Waals surface area contributed by atoms with Crippen molar-refractivity contribution >= 4 is 35.9 Å². The van der Waals surface area contributed by atoms with E-state index < -0.39 is 5.91 Å². The number of nitrogens with zero attached hydrogens (tertiary/aromatic N) is 2. The molecule has 0 aromatic carbocycles. The number of thiocarbonyl (C=S) groups is 1. The third-order valence-electron chi connectivity index (χ3n) is 0.915. The van der Waals surface area contributed by atoms with Gasteiger partial charge in [0, 0.05) is 20.6 Å². The van der Waals surface area contributed by atoms with Gasteiger partial charge in [0.1, 0.15) is 0 Å². The maximum absolute atomic E-state index is 10.8. The van der Waals surface area contributed by atoms with E-state index in [2.05, 4.69) is 29.4 Å². The Labute approximate surface area is 75.4 Å². The van der Waals surface area contributed by atoms with Crippen molar-refractivity contribution in [3.8, 4) is 0 Å². The monoisotopic (exact) mass is 187 g/mol. The van der Waals surface area contributed by atoms with E-state index in [-0.39, 0.29) is 11.0 Å². The quantitative estimate of drug-likeness (QED) is 0.353. The molecule has 0 aromatic rings. The average molecular weight is 187 g/mol. The lowest BCUT2D eigenvalue weighted by Gasteiger charge is -2.14. The molecule has 0 fully saturated rings. The Morgan fingerprint density at radius 2 is 2.00 bits per heavy atom. The molecule has 0 aliphatic carbocycles. The first-order valence-corrected chi connectivity index (χ1v) is 3.48. The molecule has 0 bridgehead atoms. The molecule has 6 heteroatoms. The number of carbonyl (C=O) groups excluding carboxylic acids is 2. The first-order valence-electron chi connectivity index (χ1n) is 3.08. The van der Waals surface area contributed by atoms with Gasteiger partial charge >= 0.3 is 0 Å². The highest BCUT2D eigenvalue weighted by Crippen LogP contribution is 1.90. The van der Waals surface area contributed by atoms with E-state index in [0.717, 1.165) is 5.01 Å². The molecule has 0 heterocycles. The Hall–Kier alpha value is -1.30. The fourth-order valence-corrected chi connectivity index (χ4v) is 0.840. The number of nitrogens with one attached hydrogen (secondary N) is 1. The lowest BCUT2D eigenvalue weighted by molar-refractivity contribution is -0.125. The minimum Gasteiger partial charge on any atom is -0.301 e. The summed E-state index contributed by atoms with van der Waals surface area (Å²) in [5, 5.41) is 6.32. The zero-order valence-electron chi connectivity index (χ0n) is 6.83. The number of amides is 2.